The smallest absolute Gasteiger partial charge is 0.194 e. The minimum Gasteiger partial charge on any atom is -0.390 e. The molecule has 0 bridgehead atoms. The molecule has 2 fully saturated rings. The first-order chi connectivity index (χ1) is 9.27. The highest BCUT2D eigenvalue weighted by molar-refractivity contribution is 6.01. The van der Waals surface area contributed by atoms with Crippen LogP contribution in [-0.4, -0.2) is 29.2 Å². The Bertz CT molecular complexity index is 437. The van der Waals surface area contributed by atoms with E-state index in [9.17, 15) is 9.90 Å². The van der Waals surface area contributed by atoms with Gasteiger partial charge in [-0.25, -0.2) is 0 Å². The average Bonchev–Trinajstić information content (AvgIpc) is 3.28. The summed E-state index contributed by atoms with van der Waals surface area (Å²) in [5, 5.41) is 10.3. The highest BCUT2D eigenvalue weighted by Crippen LogP contribution is 2.36. The summed E-state index contributed by atoms with van der Waals surface area (Å²) in [4.78, 5) is 12.2. The van der Waals surface area contributed by atoms with E-state index >= 15 is 0 Å². The van der Waals surface area contributed by atoms with Crippen molar-refractivity contribution in [2.75, 3.05) is 0 Å². The zero-order valence-corrected chi connectivity index (χ0v) is 11.0. The summed E-state index contributed by atoms with van der Waals surface area (Å²) < 4.78 is 5.45. The molecule has 2 aliphatic rings. The van der Waals surface area contributed by atoms with Gasteiger partial charge in [0.15, 0.2) is 5.78 Å². The third-order valence-electron chi connectivity index (χ3n) is 4.31. The Balaban J connectivity index is 1.59. The molecule has 1 aliphatic heterocycles. The first kappa shape index (κ1) is 12.8. The molecule has 1 heterocycles. The number of carbonyl (C=O) groups excluding carboxylic acids is 1. The topological polar surface area (TPSA) is 49.8 Å². The van der Waals surface area contributed by atoms with Crippen molar-refractivity contribution in [3.63, 3.8) is 0 Å². The number of epoxide rings is 1. The van der Waals surface area contributed by atoms with Crippen LogP contribution in [0.5, 0.6) is 0 Å². The van der Waals surface area contributed by atoms with Crippen LogP contribution in [0.25, 0.3) is 0 Å². The molecule has 3 atom stereocenters. The number of ketones is 1. The van der Waals surface area contributed by atoms with Gasteiger partial charge in [-0.15, -0.1) is 0 Å². The zero-order valence-electron chi connectivity index (χ0n) is 11.0. The van der Waals surface area contributed by atoms with Crippen LogP contribution < -0.4 is 0 Å². The fourth-order valence-corrected chi connectivity index (χ4v) is 3.11. The van der Waals surface area contributed by atoms with Crippen LogP contribution in [0.4, 0.5) is 0 Å². The van der Waals surface area contributed by atoms with Crippen LogP contribution in [0, 0.1) is 5.92 Å². The molecule has 19 heavy (non-hydrogen) atoms. The van der Waals surface area contributed by atoms with E-state index in [1.807, 2.05) is 18.2 Å². The molecule has 1 saturated carbocycles. The Morgan fingerprint density at radius 1 is 1.16 bits per heavy atom. The van der Waals surface area contributed by atoms with Crippen molar-refractivity contribution < 1.29 is 14.6 Å². The standard InChI is InChI=1S/C16H20O3/c17-13(11-7-3-1-4-8-11)15-16(19-15)14(18)12-9-5-2-6-10-12/h1,3-4,7-8,12,14-16,18H,2,5-6,9-10H2/t14-,15-,16-/m0/s1. The third kappa shape index (κ3) is 2.72. The van der Waals surface area contributed by atoms with Crippen molar-refractivity contribution in [1.82, 2.24) is 0 Å². The lowest BCUT2D eigenvalue weighted by molar-refractivity contribution is 0.0585. The number of hydrogen-bond donors (Lipinski definition) is 1. The lowest BCUT2D eigenvalue weighted by Crippen LogP contribution is -2.30. The molecule has 0 unspecified atom stereocenters. The summed E-state index contributed by atoms with van der Waals surface area (Å²) in [6.07, 6.45) is 4.58. The van der Waals surface area contributed by atoms with Crippen LogP contribution in [0.15, 0.2) is 30.3 Å². The maximum atomic E-state index is 12.2. The summed E-state index contributed by atoms with van der Waals surface area (Å²) in [5.41, 5.74) is 0.672. The molecule has 1 saturated heterocycles. The van der Waals surface area contributed by atoms with Crippen molar-refractivity contribution in [1.29, 1.82) is 0 Å². The minimum atomic E-state index is -0.474. The summed E-state index contributed by atoms with van der Waals surface area (Å²) >= 11 is 0. The predicted molar refractivity (Wildman–Crippen MR) is 72.0 cm³/mol. The number of carbonyl (C=O) groups is 1. The predicted octanol–water partition coefficient (Wildman–Crippen LogP) is 2.58. The number of aliphatic hydroxyl groups is 1. The number of hydrogen-bond acceptors (Lipinski definition) is 3. The van der Waals surface area contributed by atoms with E-state index in [1.165, 1.54) is 19.3 Å². The van der Waals surface area contributed by atoms with Crippen LogP contribution in [0.1, 0.15) is 42.5 Å². The van der Waals surface area contributed by atoms with E-state index in [0.717, 1.165) is 12.8 Å². The minimum absolute atomic E-state index is 0.000425. The zero-order chi connectivity index (χ0) is 13.2. The Kier molecular flexibility index (Phi) is 3.67. The number of rotatable bonds is 4. The van der Waals surface area contributed by atoms with Gasteiger partial charge in [-0.2, -0.15) is 0 Å². The van der Waals surface area contributed by atoms with Gasteiger partial charge >= 0.3 is 0 Å². The molecule has 1 aromatic carbocycles. The molecule has 0 aromatic heterocycles. The first-order valence-electron chi connectivity index (χ1n) is 7.20. The molecule has 3 heteroatoms. The maximum Gasteiger partial charge on any atom is 0.194 e. The number of ether oxygens (including phenoxy) is 1. The van der Waals surface area contributed by atoms with Gasteiger partial charge in [0.05, 0.1) is 6.10 Å². The molecule has 1 aromatic rings. The Morgan fingerprint density at radius 3 is 2.53 bits per heavy atom. The lowest BCUT2D eigenvalue weighted by Gasteiger charge is -2.25. The quantitative estimate of drug-likeness (QED) is 0.668. The van der Waals surface area contributed by atoms with E-state index in [1.54, 1.807) is 12.1 Å². The van der Waals surface area contributed by atoms with Gasteiger partial charge in [0, 0.05) is 5.56 Å². The van der Waals surface area contributed by atoms with Crippen molar-refractivity contribution in [3.8, 4) is 0 Å². The summed E-state index contributed by atoms with van der Waals surface area (Å²) in [6, 6.07) is 9.19. The van der Waals surface area contributed by atoms with Crippen LogP contribution in [0.2, 0.25) is 0 Å². The van der Waals surface area contributed by atoms with E-state index in [2.05, 4.69) is 0 Å². The molecule has 1 N–H and O–H groups in total. The molecule has 1 aliphatic carbocycles. The van der Waals surface area contributed by atoms with Gasteiger partial charge in [0.1, 0.15) is 12.2 Å². The van der Waals surface area contributed by atoms with E-state index in [4.69, 9.17) is 4.74 Å². The molecule has 3 nitrogen and oxygen atoms in total. The summed E-state index contributed by atoms with van der Waals surface area (Å²) in [7, 11) is 0. The SMILES string of the molecule is O=C(c1ccccc1)[C@@H]1O[C@H]1[C@@H](O)C1CCCCC1. The summed E-state index contributed by atoms with van der Waals surface area (Å²) in [5.74, 6) is 0.313. The maximum absolute atomic E-state index is 12.2. The van der Waals surface area contributed by atoms with Crippen molar-refractivity contribution >= 4 is 5.78 Å². The number of benzene rings is 1. The molecule has 3 rings (SSSR count). The molecular formula is C16H20O3. The Hall–Kier alpha value is -1.19. The fourth-order valence-electron chi connectivity index (χ4n) is 3.11. The molecule has 0 radical (unpaired) electrons. The molecule has 102 valence electrons. The van der Waals surface area contributed by atoms with E-state index in [-0.39, 0.29) is 11.9 Å². The third-order valence-corrected chi connectivity index (χ3v) is 4.31. The van der Waals surface area contributed by atoms with Gasteiger partial charge in [-0.05, 0) is 18.8 Å². The van der Waals surface area contributed by atoms with Crippen molar-refractivity contribution in [3.05, 3.63) is 35.9 Å². The van der Waals surface area contributed by atoms with Crippen LogP contribution >= 0.6 is 0 Å². The largest absolute Gasteiger partial charge is 0.390 e. The number of aliphatic hydroxyl groups excluding tert-OH is 1. The first-order valence-corrected chi connectivity index (χ1v) is 7.20. The van der Waals surface area contributed by atoms with Gasteiger partial charge in [-0.3, -0.25) is 4.79 Å². The van der Waals surface area contributed by atoms with Crippen molar-refractivity contribution in [2.24, 2.45) is 5.92 Å². The summed E-state index contributed by atoms with van der Waals surface area (Å²) in [6.45, 7) is 0. The molecular weight excluding hydrogens is 240 g/mol. The lowest BCUT2D eigenvalue weighted by atomic mass is 9.83. The average molecular weight is 260 g/mol. The molecule has 0 spiro atoms. The van der Waals surface area contributed by atoms with Crippen LogP contribution in [0.3, 0.4) is 0 Å². The van der Waals surface area contributed by atoms with Gasteiger partial charge in [-0.1, -0.05) is 49.6 Å². The second-order valence-electron chi connectivity index (χ2n) is 5.64. The second kappa shape index (κ2) is 5.43. The number of Topliss-reactive ketones (excluding diaryl/α,β-unsaturated/α-hetero) is 1. The van der Waals surface area contributed by atoms with E-state index in [0.29, 0.717) is 11.5 Å². The Morgan fingerprint density at radius 2 is 1.84 bits per heavy atom. The second-order valence-corrected chi connectivity index (χ2v) is 5.64. The van der Waals surface area contributed by atoms with Gasteiger partial charge in [0.25, 0.3) is 0 Å². The Labute approximate surface area is 113 Å². The highest BCUT2D eigenvalue weighted by atomic mass is 16.6. The highest BCUT2D eigenvalue weighted by Gasteiger charge is 2.51. The van der Waals surface area contributed by atoms with Crippen molar-refractivity contribution in [2.45, 2.75) is 50.4 Å². The van der Waals surface area contributed by atoms with E-state index < -0.39 is 12.2 Å². The monoisotopic (exact) mass is 260 g/mol. The normalized spacial score (nSPS) is 28.9. The molecule has 0 amide bonds. The fraction of sp³-hybridized carbons (Fsp3) is 0.562. The van der Waals surface area contributed by atoms with Gasteiger partial charge < -0.3 is 9.84 Å². The van der Waals surface area contributed by atoms with Gasteiger partial charge in [0.2, 0.25) is 0 Å². The van der Waals surface area contributed by atoms with Crippen LogP contribution in [-0.2, 0) is 4.74 Å².